The first-order valence-corrected chi connectivity index (χ1v) is 12.3. The number of hydrogen-bond donors (Lipinski definition) is 0. The van der Waals surface area contributed by atoms with Crippen LogP contribution in [-0.4, -0.2) is 5.97 Å². The van der Waals surface area contributed by atoms with Gasteiger partial charge >= 0.3 is 5.97 Å². The van der Waals surface area contributed by atoms with Gasteiger partial charge in [0.25, 0.3) is 0 Å². The van der Waals surface area contributed by atoms with Crippen molar-refractivity contribution in [3.05, 3.63) is 101 Å². The van der Waals surface area contributed by atoms with Gasteiger partial charge in [0.1, 0.15) is 5.75 Å². The number of carbonyl (C=O) groups is 1. The molecule has 0 aliphatic carbocycles. The van der Waals surface area contributed by atoms with Gasteiger partial charge in [-0.1, -0.05) is 24.3 Å². The summed E-state index contributed by atoms with van der Waals surface area (Å²) in [5.41, 5.74) is 2.04. The Balaban J connectivity index is 1.29. The summed E-state index contributed by atoms with van der Waals surface area (Å²) in [6.45, 7) is 0. The molecule has 0 bridgehead atoms. The number of rotatable bonds is 6. The zero-order valence-electron chi connectivity index (χ0n) is 16.7. The zero-order valence-corrected chi connectivity index (χ0v) is 19.1. The highest BCUT2D eigenvalue weighted by Crippen LogP contribution is 2.40. The second kappa shape index (κ2) is 9.40. The van der Waals surface area contributed by atoms with E-state index in [2.05, 4.69) is 33.8 Å². The number of esters is 1. The van der Waals surface area contributed by atoms with Gasteiger partial charge in [-0.3, -0.25) is 0 Å². The van der Waals surface area contributed by atoms with Gasteiger partial charge in [0.15, 0.2) is 0 Å². The van der Waals surface area contributed by atoms with Crippen molar-refractivity contribution in [2.45, 2.75) is 0 Å². The molecule has 156 valence electrons. The highest BCUT2D eigenvalue weighted by Gasteiger charge is 2.18. The molecule has 0 aliphatic rings. The van der Waals surface area contributed by atoms with E-state index in [9.17, 15) is 4.79 Å². The van der Waals surface area contributed by atoms with E-state index < -0.39 is 0 Å². The molecule has 0 atom stereocenters. The third-order valence-electron chi connectivity index (χ3n) is 4.56. The third kappa shape index (κ3) is 4.60. The first-order chi connectivity index (χ1) is 15.8. The smallest absolute Gasteiger partial charge is 0.345 e. The first-order valence-electron chi connectivity index (χ1n) is 9.77. The fourth-order valence-corrected chi connectivity index (χ4v) is 5.89. The van der Waals surface area contributed by atoms with Gasteiger partial charge in [0.2, 0.25) is 0 Å². The Labute approximate surface area is 197 Å². The Kier molecular flexibility index (Phi) is 6.02. The summed E-state index contributed by atoms with van der Waals surface area (Å²) in [5, 5.41) is 12.4. The lowest BCUT2D eigenvalue weighted by molar-refractivity contribution is 0.0736. The minimum Gasteiger partial charge on any atom is -0.423 e. The van der Waals surface area contributed by atoms with E-state index in [4.69, 9.17) is 4.74 Å². The third-order valence-corrected chi connectivity index (χ3v) is 7.81. The van der Waals surface area contributed by atoms with Gasteiger partial charge in [0, 0.05) is 14.6 Å². The molecule has 3 aromatic heterocycles. The lowest BCUT2D eigenvalue weighted by Crippen LogP contribution is -2.08. The molecule has 2 aromatic carbocycles. The van der Waals surface area contributed by atoms with Gasteiger partial charge < -0.3 is 4.74 Å². The van der Waals surface area contributed by atoms with Crippen molar-refractivity contribution in [2.24, 2.45) is 10.2 Å². The lowest BCUT2D eigenvalue weighted by atomic mass is 10.2. The van der Waals surface area contributed by atoms with Crippen molar-refractivity contribution >= 4 is 51.4 Å². The van der Waals surface area contributed by atoms with Crippen molar-refractivity contribution in [1.82, 2.24) is 0 Å². The second-order valence-electron chi connectivity index (χ2n) is 6.72. The minimum atomic E-state index is -0.369. The van der Waals surface area contributed by atoms with Crippen molar-refractivity contribution < 1.29 is 9.53 Å². The molecule has 5 rings (SSSR count). The molecule has 32 heavy (non-hydrogen) atoms. The predicted molar refractivity (Wildman–Crippen MR) is 133 cm³/mol. The van der Waals surface area contributed by atoms with Crippen LogP contribution in [0, 0.1) is 0 Å². The van der Waals surface area contributed by atoms with Crippen molar-refractivity contribution in [2.75, 3.05) is 0 Å². The van der Waals surface area contributed by atoms with E-state index in [-0.39, 0.29) is 5.97 Å². The summed E-state index contributed by atoms with van der Waals surface area (Å²) in [4.78, 5) is 17.3. The molecular weight excluding hydrogens is 456 g/mol. The molecule has 0 saturated carbocycles. The largest absolute Gasteiger partial charge is 0.423 e. The maximum absolute atomic E-state index is 12.8. The molecule has 0 saturated heterocycles. The molecule has 0 amide bonds. The van der Waals surface area contributed by atoms with Gasteiger partial charge in [0.05, 0.1) is 21.8 Å². The van der Waals surface area contributed by atoms with Crippen LogP contribution in [0.2, 0.25) is 0 Å². The number of azo groups is 1. The average Bonchev–Trinajstić information content (AvgIpc) is 3.60. The second-order valence-corrected chi connectivity index (χ2v) is 9.67. The summed E-state index contributed by atoms with van der Waals surface area (Å²) in [6, 6.07) is 26.6. The monoisotopic (exact) mass is 472 g/mol. The van der Waals surface area contributed by atoms with Gasteiger partial charge in [-0.2, -0.15) is 10.2 Å². The lowest BCUT2D eigenvalue weighted by Gasteiger charge is -2.05. The quantitative estimate of drug-likeness (QED) is 0.141. The van der Waals surface area contributed by atoms with E-state index >= 15 is 0 Å². The molecule has 0 aliphatic heterocycles. The summed E-state index contributed by atoms with van der Waals surface area (Å²) < 4.78 is 5.62. The zero-order chi connectivity index (χ0) is 21.8. The molecule has 3 heterocycles. The van der Waals surface area contributed by atoms with Crippen LogP contribution in [0.5, 0.6) is 5.75 Å². The van der Waals surface area contributed by atoms with E-state index in [1.807, 2.05) is 47.8 Å². The molecule has 0 spiro atoms. The van der Waals surface area contributed by atoms with E-state index in [0.717, 1.165) is 15.4 Å². The number of thiophene rings is 3. The maximum Gasteiger partial charge on any atom is 0.345 e. The number of hydrogen-bond acceptors (Lipinski definition) is 7. The van der Waals surface area contributed by atoms with Crippen molar-refractivity contribution in [1.29, 1.82) is 0 Å². The Morgan fingerprint density at radius 2 is 1.41 bits per heavy atom. The minimum absolute atomic E-state index is 0.369. The van der Waals surface area contributed by atoms with Crippen LogP contribution in [0.3, 0.4) is 0 Å². The van der Waals surface area contributed by atoms with Crippen LogP contribution in [-0.2, 0) is 0 Å². The summed E-state index contributed by atoms with van der Waals surface area (Å²) in [6.07, 6.45) is 0. The molecule has 0 N–H and O–H groups in total. The molecule has 0 radical (unpaired) electrons. The van der Waals surface area contributed by atoms with Gasteiger partial charge in [-0.15, -0.1) is 34.0 Å². The number of benzene rings is 2. The fourth-order valence-electron chi connectivity index (χ4n) is 3.02. The summed E-state index contributed by atoms with van der Waals surface area (Å²) in [5.74, 6) is 0.0993. The molecule has 7 heteroatoms. The highest BCUT2D eigenvalue weighted by atomic mass is 32.1. The van der Waals surface area contributed by atoms with Gasteiger partial charge in [-0.05, 0) is 71.4 Å². The maximum atomic E-state index is 12.8. The molecule has 5 aromatic rings. The normalized spacial score (nSPS) is 11.1. The first kappa shape index (κ1) is 20.5. The number of ether oxygens (including phenoxy) is 1. The van der Waals surface area contributed by atoms with Crippen LogP contribution < -0.4 is 4.74 Å². The van der Waals surface area contributed by atoms with Crippen LogP contribution in [0.1, 0.15) is 10.4 Å². The average molecular weight is 473 g/mol. The van der Waals surface area contributed by atoms with Crippen LogP contribution >= 0.6 is 34.0 Å². The molecular formula is C25H16N2O2S3. The number of nitrogens with zero attached hydrogens (tertiary/aromatic N) is 2. The standard InChI is InChI=1S/C25H16N2O2S3/c28-25(29-19-10-8-18(9-11-19)27-26-17-5-2-1-3-6-17)20-14-16-31-24(20)23-13-12-22(32-23)21-7-4-15-30-21/h1-16H. The van der Waals surface area contributed by atoms with E-state index in [0.29, 0.717) is 17.0 Å². The van der Waals surface area contributed by atoms with E-state index in [1.165, 1.54) is 9.75 Å². The Hall–Kier alpha value is -3.39. The van der Waals surface area contributed by atoms with Gasteiger partial charge in [-0.25, -0.2) is 4.79 Å². The number of carbonyl (C=O) groups excluding carboxylic acids is 1. The molecule has 0 unspecified atom stereocenters. The van der Waals surface area contributed by atoms with Crippen LogP contribution in [0.4, 0.5) is 11.4 Å². The summed E-state index contributed by atoms with van der Waals surface area (Å²) >= 11 is 4.94. The molecule has 0 fully saturated rings. The fraction of sp³-hybridized carbons (Fsp3) is 0. The highest BCUT2D eigenvalue weighted by molar-refractivity contribution is 7.25. The Bertz CT molecular complexity index is 1350. The van der Waals surface area contributed by atoms with E-state index in [1.54, 1.807) is 58.3 Å². The molecule has 4 nitrogen and oxygen atoms in total. The van der Waals surface area contributed by atoms with Crippen LogP contribution in [0.25, 0.3) is 19.5 Å². The summed E-state index contributed by atoms with van der Waals surface area (Å²) in [7, 11) is 0. The SMILES string of the molecule is O=C(Oc1ccc(N=Nc2ccccc2)cc1)c1ccsc1-c1ccc(-c2cccs2)s1. The van der Waals surface area contributed by atoms with Crippen molar-refractivity contribution in [3.63, 3.8) is 0 Å². The predicted octanol–water partition coefficient (Wildman–Crippen LogP) is 8.84. The topological polar surface area (TPSA) is 51.0 Å². The van der Waals surface area contributed by atoms with Crippen LogP contribution in [0.15, 0.2) is 106 Å². The van der Waals surface area contributed by atoms with Crippen molar-refractivity contribution in [3.8, 4) is 25.3 Å². The Morgan fingerprint density at radius 3 is 2.16 bits per heavy atom. The Morgan fingerprint density at radius 1 is 0.656 bits per heavy atom.